The van der Waals surface area contributed by atoms with Gasteiger partial charge in [-0.2, -0.15) is 0 Å². The summed E-state index contributed by atoms with van der Waals surface area (Å²) in [6.07, 6.45) is 2.01. The van der Waals surface area contributed by atoms with Crippen LogP contribution in [-0.4, -0.2) is 42.1 Å². The van der Waals surface area contributed by atoms with Gasteiger partial charge >= 0.3 is 11.9 Å². The van der Waals surface area contributed by atoms with Gasteiger partial charge in [-0.3, -0.25) is 4.79 Å². The van der Waals surface area contributed by atoms with Crippen LogP contribution >= 0.6 is 0 Å². The molecule has 7 heteroatoms. The van der Waals surface area contributed by atoms with Crippen molar-refractivity contribution >= 4 is 23.5 Å². The van der Waals surface area contributed by atoms with Gasteiger partial charge in [0, 0.05) is 44.9 Å². The van der Waals surface area contributed by atoms with E-state index in [1.54, 1.807) is 24.1 Å². The second kappa shape index (κ2) is 5.67. The third-order valence-electron chi connectivity index (χ3n) is 3.90. The number of cyclic esters (lactones) is 2. The van der Waals surface area contributed by atoms with Crippen molar-refractivity contribution in [3.8, 4) is 0 Å². The zero-order valence-corrected chi connectivity index (χ0v) is 13.7. The summed E-state index contributed by atoms with van der Waals surface area (Å²) in [5.74, 6) is -2.75. The van der Waals surface area contributed by atoms with Crippen molar-refractivity contribution in [3.63, 3.8) is 0 Å². The lowest BCUT2D eigenvalue weighted by atomic mass is 9.99. The first kappa shape index (κ1) is 16.0. The van der Waals surface area contributed by atoms with Gasteiger partial charge in [0.15, 0.2) is 5.57 Å². The van der Waals surface area contributed by atoms with Crippen LogP contribution < -0.4 is 5.32 Å². The molecule has 0 spiro atoms. The predicted octanol–water partition coefficient (Wildman–Crippen LogP) is 1.45. The van der Waals surface area contributed by atoms with Crippen molar-refractivity contribution in [2.45, 2.75) is 26.1 Å². The minimum atomic E-state index is -1.26. The summed E-state index contributed by atoms with van der Waals surface area (Å²) in [6.45, 7) is 3.64. The lowest BCUT2D eigenvalue weighted by Crippen LogP contribution is -2.42. The van der Waals surface area contributed by atoms with E-state index in [0.717, 1.165) is 12.0 Å². The average molecular weight is 330 g/mol. The molecular weight excluding hydrogens is 312 g/mol. The first-order chi connectivity index (χ1) is 11.3. The Kier molecular flexibility index (Phi) is 3.79. The number of nitrogens with zero attached hydrogens (tertiary/aromatic N) is 1. The summed E-state index contributed by atoms with van der Waals surface area (Å²) in [4.78, 5) is 37.5. The van der Waals surface area contributed by atoms with Crippen molar-refractivity contribution in [2.75, 3.05) is 18.9 Å². The normalized spacial score (nSPS) is 19.4. The second-order valence-electron chi connectivity index (χ2n) is 6.23. The van der Waals surface area contributed by atoms with Crippen molar-refractivity contribution in [3.05, 3.63) is 41.1 Å². The maximum Gasteiger partial charge on any atom is 0.350 e. The molecular formula is C17H18N2O5. The van der Waals surface area contributed by atoms with Gasteiger partial charge in [0.05, 0.1) is 0 Å². The molecule has 1 N–H and O–H groups in total. The average Bonchev–Trinajstić information content (AvgIpc) is 2.49. The summed E-state index contributed by atoms with van der Waals surface area (Å²) in [5, 5.41) is 2.89. The first-order valence-electron chi connectivity index (χ1n) is 7.58. The highest BCUT2D eigenvalue weighted by Crippen LogP contribution is 2.24. The predicted molar refractivity (Wildman–Crippen MR) is 85.1 cm³/mol. The van der Waals surface area contributed by atoms with Crippen LogP contribution in [0.15, 0.2) is 30.0 Å². The topological polar surface area (TPSA) is 84.9 Å². The zero-order valence-electron chi connectivity index (χ0n) is 13.7. The summed E-state index contributed by atoms with van der Waals surface area (Å²) in [7, 11) is 1.77. The largest absolute Gasteiger partial charge is 0.419 e. The molecule has 0 unspecified atom stereocenters. The SMILES string of the molecule is CN1CCc2cc(NC=C3C(=O)OC(C)(C)OC3=O)ccc2C1=O. The molecule has 0 aromatic heterocycles. The molecule has 2 heterocycles. The number of benzene rings is 1. The van der Waals surface area contributed by atoms with Crippen LogP contribution in [0.25, 0.3) is 0 Å². The Balaban J connectivity index is 1.79. The van der Waals surface area contributed by atoms with Crippen LogP contribution in [-0.2, 0) is 25.5 Å². The fourth-order valence-electron chi connectivity index (χ4n) is 2.63. The van der Waals surface area contributed by atoms with Gasteiger partial charge in [0.1, 0.15) is 0 Å². The molecule has 1 saturated heterocycles. The van der Waals surface area contributed by atoms with Gasteiger partial charge in [-0.25, -0.2) is 9.59 Å². The zero-order chi connectivity index (χ0) is 17.5. The highest BCUT2D eigenvalue weighted by Gasteiger charge is 2.38. The van der Waals surface area contributed by atoms with Gasteiger partial charge in [0.2, 0.25) is 0 Å². The van der Waals surface area contributed by atoms with Gasteiger partial charge in [0.25, 0.3) is 11.7 Å². The van der Waals surface area contributed by atoms with Crippen LogP contribution in [0.5, 0.6) is 0 Å². The summed E-state index contributed by atoms with van der Waals surface area (Å²) in [5.41, 5.74) is 2.06. The number of ether oxygens (including phenoxy) is 2. The van der Waals surface area contributed by atoms with Gasteiger partial charge < -0.3 is 19.7 Å². The Morgan fingerprint density at radius 1 is 1.17 bits per heavy atom. The summed E-state index contributed by atoms with van der Waals surface area (Å²) >= 11 is 0. The lowest BCUT2D eigenvalue weighted by Gasteiger charge is -2.29. The number of anilines is 1. The first-order valence-corrected chi connectivity index (χ1v) is 7.58. The Hall–Kier alpha value is -2.83. The highest BCUT2D eigenvalue weighted by atomic mass is 16.7. The molecule has 3 rings (SSSR count). The molecule has 0 aliphatic carbocycles. The summed E-state index contributed by atoms with van der Waals surface area (Å²) < 4.78 is 10.0. The molecule has 7 nitrogen and oxygen atoms in total. The maximum atomic E-state index is 12.1. The summed E-state index contributed by atoms with van der Waals surface area (Å²) in [6, 6.07) is 5.28. The van der Waals surface area contributed by atoms with E-state index in [9.17, 15) is 14.4 Å². The lowest BCUT2D eigenvalue weighted by molar-refractivity contribution is -0.222. The van der Waals surface area contributed by atoms with Crippen LogP contribution in [0.1, 0.15) is 29.8 Å². The van der Waals surface area contributed by atoms with Crippen molar-refractivity contribution in [2.24, 2.45) is 0 Å². The van der Waals surface area contributed by atoms with Crippen LogP contribution in [0.3, 0.4) is 0 Å². The fourth-order valence-corrected chi connectivity index (χ4v) is 2.63. The standard InChI is InChI=1S/C17H18N2O5/c1-17(2)23-15(21)13(16(22)24-17)9-18-11-4-5-12-10(8-11)6-7-19(3)14(12)20/h4-5,8-9,18H,6-7H2,1-3H3. The van der Waals surface area contributed by atoms with Gasteiger partial charge in [-0.1, -0.05) is 0 Å². The molecule has 24 heavy (non-hydrogen) atoms. The van der Waals surface area contributed by atoms with Crippen LogP contribution in [0, 0.1) is 0 Å². The number of esters is 2. The molecule has 0 atom stereocenters. The number of likely N-dealkylation sites (N-methyl/N-ethyl adjacent to an activating group) is 1. The Morgan fingerprint density at radius 3 is 2.50 bits per heavy atom. The minimum absolute atomic E-state index is 0.0113. The molecule has 1 aromatic rings. The quantitative estimate of drug-likeness (QED) is 0.502. The second-order valence-corrected chi connectivity index (χ2v) is 6.23. The highest BCUT2D eigenvalue weighted by molar-refractivity contribution is 6.15. The van der Waals surface area contributed by atoms with Crippen molar-refractivity contribution in [1.29, 1.82) is 0 Å². The van der Waals surface area contributed by atoms with E-state index < -0.39 is 17.7 Å². The minimum Gasteiger partial charge on any atom is -0.419 e. The van der Waals surface area contributed by atoms with Crippen molar-refractivity contribution in [1.82, 2.24) is 4.90 Å². The smallest absolute Gasteiger partial charge is 0.350 e. The van der Waals surface area contributed by atoms with Crippen molar-refractivity contribution < 1.29 is 23.9 Å². The molecule has 1 aromatic carbocycles. The molecule has 1 amide bonds. The molecule has 2 aliphatic rings. The number of carbonyl (C=O) groups excluding carboxylic acids is 3. The molecule has 0 bridgehead atoms. The van der Waals surface area contributed by atoms with E-state index >= 15 is 0 Å². The number of hydrogen-bond donors (Lipinski definition) is 1. The number of hydrogen-bond acceptors (Lipinski definition) is 6. The number of amides is 1. The van der Waals surface area contributed by atoms with Crippen LogP contribution in [0.4, 0.5) is 5.69 Å². The van der Waals surface area contributed by atoms with E-state index in [1.807, 2.05) is 6.07 Å². The maximum absolute atomic E-state index is 12.1. The van der Waals surface area contributed by atoms with Gasteiger partial charge in [-0.15, -0.1) is 0 Å². The molecule has 0 radical (unpaired) electrons. The molecule has 2 aliphatic heterocycles. The Labute approximate surface area is 139 Å². The molecule has 126 valence electrons. The fraction of sp³-hybridized carbons (Fsp3) is 0.353. The monoisotopic (exact) mass is 330 g/mol. The van der Waals surface area contributed by atoms with E-state index in [0.29, 0.717) is 17.8 Å². The van der Waals surface area contributed by atoms with E-state index in [-0.39, 0.29) is 11.5 Å². The Bertz CT molecular complexity index is 744. The molecule has 0 saturated carbocycles. The third kappa shape index (κ3) is 2.97. The van der Waals surface area contributed by atoms with E-state index in [2.05, 4.69) is 5.32 Å². The van der Waals surface area contributed by atoms with E-state index in [4.69, 9.17) is 9.47 Å². The van der Waals surface area contributed by atoms with Crippen LogP contribution in [0.2, 0.25) is 0 Å². The number of nitrogens with one attached hydrogen (secondary N) is 1. The molecule has 1 fully saturated rings. The van der Waals surface area contributed by atoms with Gasteiger partial charge in [-0.05, 0) is 30.2 Å². The van der Waals surface area contributed by atoms with E-state index in [1.165, 1.54) is 20.0 Å². The number of fused-ring (bicyclic) bond motifs is 1. The Morgan fingerprint density at radius 2 is 1.83 bits per heavy atom. The number of rotatable bonds is 2. The number of carbonyl (C=O) groups is 3. The third-order valence-corrected chi connectivity index (χ3v) is 3.90.